The summed E-state index contributed by atoms with van der Waals surface area (Å²) in [7, 11) is 0. The van der Waals surface area contributed by atoms with Gasteiger partial charge in [0.05, 0.1) is 0 Å². The van der Waals surface area contributed by atoms with Crippen molar-refractivity contribution < 1.29 is 12.9 Å². The summed E-state index contributed by atoms with van der Waals surface area (Å²) in [6.45, 7) is 1.81. The molecule has 0 aliphatic rings. The lowest BCUT2D eigenvalue weighted by Gasteiger charge is -2.12. The highest BCUT2D eigenvalue weighted by Gasteiger charge is 2.07. The Hall–Kier alpha value is -1.48. The van der Waals surface area contributed by atoms with Crippen molar-refractivity contribution in [3.63, 3.8) is 0 Å². The molecule has 20 heavy (non-hydrogen) atoms. The Labute approximate surface area is 126 Å². The number of nitrogens with one attached hydrogen (secondary N) is 1. The molecule has 0 spiro atoms. The highest BCUT2D eigenvalue weighted by Crippen LogP contribution is 2.25. The lowest BCUT2D eigenvalue weighted by atomic mass is 10.2. The van der Waals surface area contributed by atoms with Crippen molar-refractivity contribution >= 4 is 46.2 Å². The van der Waals surface area contributed by atoms with Crippen LogP contribution in [-0.2, 0) is 11.4 Å². The summed E-state index contributed by atoms with van der Waals surface area (Å²) >= 11 is 8.68. The minimum atomic E-state index is -2.65. The Morgan fingerprint density at radius 2 is 1.90 bits per heavy atom. The topological polar surface area (TPSA) is 100 Å². The van der Waals surface area contributed by atoms with E-state index in [4.69, 9.17) is 23.2 Å². The summed E-state index contributed by atoms with van der Waals surface area (Å²) in [5.41, 5.74) is 1.37. The number of benzene rings is 1. The molecular weight excluding hydrogens is 327 g/mol. The standard InChI is InChI=1S/C10H8Cl2N4O3S/c1-5-2-3-6(19-20(17)18)4-7(5)13-10-15-8(11)14-9(12)16-10/h2-4H,1H3,(H,17,18)(H,13,14,15,16)/p-1. The van der Waals surface area contributed by atoms with E-state index in [1.54, 1.807) is 6.07 Å². The number of rotatable bonds is 4. The Morgan fingerprint density at radius 3 is 2.50 bits per heavy atom. The largest absolute Gasteiger partial charge is 0.740 e. The van der Waals surface area contributed by atoms with Crippen LogP contribution in [0, 0.1) is 6.92 Å². The van der Waals surface area contributed by atoms with Crippen molar-refractivity contribution in [3.05, 3.63) is 34.3 Å². The smallest absolute Gasteiger partial charge is 0.232 e. The molecule has 7 nitrogen and oxygen atoms in total. The molecule has 0 amide bonds. The average molecular weight is 334 g/mol. The lowest BCUT2D eigenvalue weighted by Crippen LogP contribution is -2.02. The summed E-state index contributed by atoms with van der Waals surface area (Å²) in [6.07, 6.45) is 0. The number of aromatic nitrogens is 3. The third-order valence-electron chi connectivity index (χ3n) is 2.20. The molecule has 0 aliphatic heterocycles. The molecule has 0 saturated heterocycles. The first-order valence-corrected chi connectivity index (χ1v) is 6.92. The van der Waals surface area contributed by atoms with Gasteiger partial charge in [0.2, 0.25) is 16.5 Å². The van der Waals surface area contributed by atoms with Gasteiger partial charge in [-0.05, 0) is 41.8 Å². The van der Waals surface area contributed by atoms with E-state index in [9.17, 15) is 8.76 Å². The van der Waals surface area contributed by atoms with Crippen molar-refractivity contribution in [1.82, 2.24) is 15.0 Å². The third kappa shape index (κ3) is 4.01. The predicted molar refractivity (Wildman–Crippen MR) is 73.9 cm³/mol. The van der Waals surface area contributed by atoms with E-state index in [0.717, 1.165) is 5.56 Å². The maximum absolute atomic E-state index is 10.5. The molecule has 10 heteroatoms. The summed E-state index contributed by atoms with van der Waals surface area (Å²) in [6, 6.07) is 4.68. The van der Waals surface area contributed by atoms with Gasteiger partial charge in [-0.25, -0.2) is 4.21 Å². The molecule has 0 bridgehead atoms. The molecule has 0 radical (unpaired) electrons. The summed E-state index contributed by atoms with van der Waals surface area (Å²) in [4.78, 5) is 11.3. The van der Waals surface area contributed by atoms with Crippen LogP contribution in [0.5, 0.6) is 5.75 Å². The minimum absolute atomic E-state index is 0.0572. The zero-order chi connectivity index (χ0) is 14.7. The van der Waals surface area contributed by atoms with Crippen molar-refractivity contribution in [2.45, 2.75) is 6.92 Å². The van der Waals surface area contributed by atoms with Crippen LogP contribution in [0.15, 0.2) is 18.2 Å². The summed E-state index contributed by atoms with van der Waals surface area (Å²) in [5, 5.41) is 2.74. The zero-order valence-electron chi connectivity index (χ0n) is 9.96. The fourth-order valence-electron chi connectivity index (χ4n) is 1.37. The number of nitrogens with zero attached hydrogens (tertiary/aromatic N) is 3. The molecular formula is C10H7Cl2N4O3S-. The molecule has 0 saturated carbocycles. The van der Waals surface area contributed by atoms with E-state index in [1.165, 1.54) is 12.1 Å². The molecule has 2 aromatic rings. The number of aryl methyl sites for hydroxylation is 1. The van der Waals surface area contributed by atoms with Crippen LogP contribution in [0.3, 0.4) is 0 Å². The van der Waals surface area contributed by atoms with Gasteiger partial charge in [0.25, 0.3) is 0 Å². The van der Waals surface area contributed by atoms with E-state index in [-0.39, 0.29) is 22.3 Å². The van der Waals surface area contributed by atoms with Crippen LogP contribution in [0.2, 0.25) is 10.6 Å². The second-order valence-electron chi connectivity index (χ2n) is 3.59. The second kappa shape index (κ2) is 6.31. The van der Waals surface area contributed by atoms with Gasteiger partial charge >= 0.3 is 0 Å². The van der Waals surface area contributed by atoms with Gasteiger partial charge in [0.15, 0.2) is 0 Å². The van der Waals surface area contributed by atoms with Crippen molar-refractivity contribution in [3.8, 4) is 5.75 Å². The molecule has 1 unspecified atom stereocenters. The van der Waals surface area contributed by atoms with E-state index in [1.807, 2.05) is 6.92 Å². The van der Waals surface area contributed by atoms with Gasteiger partial charge in [-0.1, -0.05) is 6.07 Å². The van der Waals surface area contributed by atoms with Crippen LogP contribution in [0.4, 0.5) is 11.6 Å². The van der Waals surface area contributed by atoms with Crippen LogP contribution < -0.4 is 9.50 Å². The molecule has 1 aromatic carbocycles. The number of halogens is 2. The highest BCUT2D eigenvalue weighted by molar-refractivity contribution is 7.74. The first kappa shape index (κ1) is 14.9. The zero-order valence-corrected chi connectivity index (χ0v) is 12.3. The molecule has 1 N–H and O–H groups in total. The Bertz CT molecular complexity index is 651. The first-order valence-electron chi connectivity index (χ1n) is 5.16. The lowest BCUT2D eigenvalue weighted by molar-refractivity contribution is 0.440. The van der Waals surface area contributed by atoms with Crippen LogP contribution >= 0.6 is 23.2 Å². The predicted octanol–water partition coefficient (Wildman–Crippen LogP) is 2.40. The van der Waals surface area contributed by atoms with Gasteiger partial charge in [0, 0.05) is 11.8 Å². The summed E-state index contributed by atoms with van der Waals surface area (Å²) in [5.74, 6) is 0.288. The highest BCUT2D eigenvalue weighted by atomic mass is 35.5. The maximum atomic E-state index is 10.5. The molecule has 2 rings (SSSR count). The van der Waals surface area contributed by atoms with E-state index in [2.05, 4.69) is 24.5 Å². The van der Waals surface area contributed by atoms with Gasteiger partial charge in [-0.3, -0.25) is 0 Å². The van der Waals surface area contributed by atoms with Gasteiger partial charge < -0.3 is 14.1 Å². The average Bonchev–Trinajstić information content (AvgIpc) is 2.31. The number of anilines is 2. The molecule has 1 atom stereocenters. The normalized spacial score (nSPS) is 12.0. The van der Waals surface area contributed by atoms with E-state index >= 15 is 0 Å². The third-order valence-corrected chi connectivity index (χ3v) is 2.87. The van der Waals surface area contributed by atoms with Gasteiger partial charge in [-0.2, -0.15) is 15.0 Å². The van der Waals surface area contributed by atoms with E-state index < -0.39 is 11.4 Å². The van der Waals surface area contributed by atoms with Crippen molar-refractivity contribution in [1.29, 1.82) is 0 Å². The molecule has 1 heterocycles. The Balaban J connectivity index is 2.29. The number of hydrogen-bond donors (Lipinski definition) is 1. The monoisotopic (exact) mass is 333 g/mol. The van der Waals surface area contributed by atoms with Crippen molar-refractivity contribution in [2.75, 3.05) is 5.32 Å². The maximum Gasteiger partial charge on any atom is 0.232 e. The second-order valence-corrected chi connectivity index (χ2v) is 4.84. The van der Waals surface area contributed by atoms with Crippen LogP contribution in [-0.4, -0.2) is 23.7 Å². The molecule has 0 aliphatic carbocycles. The summed E-state index contributed by atoms with van der Waals surface area (Å²) < 4.78 is 25.6. The SMILES string of the molecule is Cc1ccc(OS(=O)[O-])cc1Nc1nc(Cl)nc(Cl)n1. The Morgan fingerprint density at radius 1 is 1.25 bits per heavy atom. The number of hydrogen-bond acceptors (Lipinski definition) is 7. The van der Waals surface area contributed by atoms with E-state index in [0.29, 0.717) is 5.69 Å². The van der Waals surface area contributed by atoms with Crippen molar-refractivity contribution in [2.24, 2.45) is 0 Å². The molecule has 1 aromatic heterocycles. The van der Waals surface area contributed by atoms with Gasteiger partial charge in [0.1, 0.15) is 17.1 Å². The quantitative estimate of drug-likeness (QED) is 0.857. The first-order chi connectivity index (χ1) is 9.44. The van der Waals surface area contributed by atoms with Crippen LogP contribution in [0.1, 0.15) is 5.56 Å². The van der Waals surface area contributed by atoms with Crippen LogP contribution in [0.25, 0.3) is 0 Å². The Kier molecular flexibility index (Phi) is 4.71. The molecule has 0 fully saturated rings. The fraction of sp³-hybridized carbons (Fsp3) is 0.100. The minimum Gasteiger partial charge on any atom is -0.740 e. The van der Waals surface area contributed by atoms with Gasteiger partial charge in [-0.15, -0.1) is 0 Å². The fourth-order valence-corrected chi connectivity index (χ4v) is 1.99. The molecule has 106 valence electrons.